The van der Waals surface area contributed by atoms with Crippen molar-refractivity contribution in [3.63, 3.8) is 0 Å². The summed E-state index contributed by atoms with van der Waals surface area (Å²) in [5, 5.41) is 5.10. The van der Waals surface area contributed by atoms with E-state index in [1.54, 1.807) is 24.3 Å². The third-order valence-electron chi connectivity index (χ3n) is 2.56. The van der Waals surface area contributed by atoms with Crippen molar-refractivity contribution in [3.05, 3.63) is 36.4 Å². The summed E-state index contributed by atoms with van der Waals surface area (Å²) in [7, 11) is 1.26. The Morgan fingerprint density at radius 2 is 2.30 bits per heavy atom. The molecule has 1 heterocycles. The fourth-order valence-corrected chi connectivity index (χ4v) is 1.62. The number of carbonyl (C=O) groups excluding carboxylic acids is 2. The number of hydrogen-bond acceptors (Lipinski definition) is 4. The Bertz CT molecular complexity index is 663. The molecule has 2 rings (SSSR count). The van der Waals surface area contributed by atoms with Crippen molar-refractivity contribution in [2.45, 2.75) is 0 Å². The highest BCUT2D eigenvalue weighted by Crippen LogP contribution is 2.16. The van der Waals surface area contributed by atoms with Gasteiger partial charge in [-0.3, -0.25) is 10.1 Å². The van der Waals surface area contributed by atoms with E-state index in [1.165, 1.54) is 7.11 Å². The third kappa shape index (κ3) is 2.94. The number of H-pyrrole nitrogens is 1. The van der Waals surface area contributed by atoms with E-state index in [0.717, 1.165) is 0 Å². The molecule has 0 radical (unpaired) electrons. The Kier molecular flexibility index (Phi) is 3.99. The molecule has 0 aliphatic heterocycles. The van der Waals surface area contributed by atoms with Gasteiger partial charge in [-0.2, -0.15) is 0 Å². The van der Waals surface area contributed by atoms with Gasteiger partial charge >= 0.3 is 6.09 Å². The van der Waals surface area contributed by atoms with Crippen molar-refractivity contribution in [2.75, 3.05) is 19.0 Å². The Balaban J connectivity index is 2.23. The van der Waals surface area contributed by atoms with Crippen molar-refractivity contribution in [1.82, 2.24) is 15.3 Å². The van der Waals surface area contributed by atoms with Gasteiger partial charge in [0.2, 0.25) is 5.95 Å². The molecule has 0 aliphatic rings. The summed E-state index contributed by atoms with van der Waals surface area (Å²) in [6.45, 7) is 3.93. The van der Waals surface area contributed by atoms with Gasteiger partial charge in [0.15, 0.2) is 0 Å². The zero-order valence-corrected chi connectivity index (χ0v) is 10.9. The smallest absolute Gasteiger partial charge is 0.413 e. The number of imidazole rings is 1. The van der Waals surface area contributed by atoms with Crippen LogP contribution < -0.4 is 10.6 Å². The highest BCUT2D eigenvalue weighted by molar-refractivity contribution is 5.98. The number of rotatable bonds is 4. The Hall–Kier alpha value is -2.83. The summed E-state index contributed by atoms with van der Waals surface area (Å²) in [4.78, 5) is 29.9. The minimum Gasteiger partial charge on any atom is -0.453 e. The third-order valence-corrected chi connectivity index (χ3v) is 2.56. The number of nitrogens with one attached hydrogen (secondary N) is 3. The Morgan fingerprint density at radius 1 is 1.50 bits per heavy atom. The number of amides is 2. The SMILES string of the molecule is C=CCNC(=O)c1ccc2nc(NC(=O)OC)[nH]c2c1. The predicted molar refractivity (Wildman–Crippen MR) is 74.7 cm³/mol. The quantitative estimate of drug-likeness (QED) is 0.739. The number of ether oxygens (including phenoxy) is 1. The molecule has 1 aromatic carbocycles. The Morgan fingerprint density at radius 3 is 3.00 bits per heavy atom. The molecule has 0 saturated carbocycles. The van der Waals surface area contributed by atoms with Crippen LogP contribution in [0.4, 0.5) is 10.7 Å². The molecular formula is C13H14N4O3. The topological polar surface area (TPSA) is 96.1 Å². The van der Waals surface area contributed by atoms with E-state index in [1.807, 2.05) is 0 Å². The molecule has 0 saturated heterocycles. The Labute approximate surface area is 115 Å². The number of aromatic amines is 1. The summed E-state index contributed by atoms with van der Waals surface area (Å²) < 4.78 is 4.47. The number of anilines is 1. The zero-order valence-electron chi connectivity index (χ0n) is 10.9. The number of benzene rings is 1. The van der Waals surface area contributed by atoms with Crippen LogP contribution in [-0.4, -0.2) is 35.6 Å². The van der Waals surface area contributed by atoms with Crippen molar-refractivity contribution < 1.29 is 14.3 Å². The van der Waals surface area contributed by atoms with Crippen molar-refractivity contribution >= 4 is 29.0 Å². The van der Waals surface area contributed by atoms with Gasteiger partial charge in [0.25, 0.3) is 5.91 Å². The van der Waals surface area contributed by atoms with Crippen LogP contribution in [0.25, 0.3) is 11.0 Å². The highest BCUT2D eigenvalue weighted by Gasteiger charge is 2.09. The van der Waals surface area contributed by atoms with E-state index < -0.39 is 6.09 Å². The second-order valence-electron chi connectivity index (χ2n) is 3.93. The molecule has 20 heavy (non-hydrogen) atoms. The molecular weight excluding hydrogens is 260 g/mol. The lowest BCUT2D eigenvalue weighted by Gasteiger charge is -2.01. The van der Waals surface area contributed by atoms with E-state index in [0.29, 0.717) is 23.1 Å². The van der Waals surface area contributed by atoms with Gasteiger partial charge in [0, 0.05) is 12.1 Å². The molecule has 0 bridgehead atoms. The zero-order chi connectivity index (χ0) is 14.5. The van der Waals surface area contributed by atoms with Crippen LogP contribution in [-0.2, 0) is 4.74 Å². The summed E-state index contributed by atoms with van der Waals surface area (Å²) in [5.41, 5.74) is 1.77. The number of hydrogen-bond donors (Lipinski definition) is 3. The average Bonchev–Trinajstić information content (AvgIpc) is 2.85. The lowest BCUT2D eigenvalue weighted by molar-refractivity contribution is 0.0958. The van der Waals surface area contributed by atoms with E-state index in [-0.39, 0.29) is 11.9 Å². The maximum Gasteiger partial charge on any atom is 0.413 e. The van der Waals surface area contributed by atoms with Crippen LogP contribution in [0.5, 0.6) is 0 Å². The first-order chi connectivity index (χ1) is 9.63. The molecule has 0 atom stereocenters. The van der Waals surface area contributed by atoms with Crippen LogP contribution >= 0.6 is 0 Å². The molecule has 104 valence electrons. The average molecular weight is 274 g/mol. The molecule has 2 amide bonds. The minimum absolute atomic E-state index is 0.205. The largest absolute Gasteiger partial charge is 0.453 e. The molecule has 7 nitrogen and oxygen atoms in total. The lowest BCUT2D eigenvalue weighted by atomic mass is 10.2. The van der Waals surface area contributed by atoms with Gasteiger partial charge in [0.05, 0.1) is 18.1 Å². The number of carbonyl (C=O) groups is 2. The van der Waals surface area contributed by atoms with Gasteiger partial charge in [0.1, 0.15) is 0 Å². The normalized spacial score (nSPS) is 10.1. The molecule has 0 aliphatic carbocycles. The van der Waals surface area contributed by atoms with Crippen molar-refractivity contribution in [2.24, 2.45) is 0 Å². The van der Waals surface area contributed by atoms with Gasteiger partial charge in [-0.15, -0.1) is 6.58 Å². The fraction of sp³-hybridized carbons (Fsp3) is 0.154. The lowest BCUT2D eigenvalue weighted by Crippen LogP contribution is -2.22. The molecule has 1 aromatic heterocycles. The van der Waals surface area contributed by atoms with Crippen molar-refractivity contribution in [1.29, 1.82) is 0 Å². The number of nitrogens with zero attached hydrogens (tertiary/aromatic N) is 1. The number of methoxy groups -OCH3 is 1. The summed E-state index contributed by atoms with van der Waals surface area (Å²) in [6.07, 6.45) is 0.985. The first kappa shape index (κ1) is 13.6. The molecule has 3 N–H and O–H groups in total. The van der Waals surface area contributed by atoms with Gasteiger partial charge in [-0.25, -0.2) is 9.78 Å². The molecule has 0 fully saturated rings. The van der Waals surface area contributed by atoms with Crippen molar-refractivity contribution in [3.8, 4) is 0 Å². The molecule has 0 spiro atoms. The van der Waals surface area contributed by atoms with Gasteiger partial charge in [-0.05, 0) is 18.2 Å². The van der Waals surface area contributed by atoms with Gasteiger partial charge in [-0.1, -0.05) is 6.08 Å². The molecule has 0 unspecified atom stereocenters. The summed E-state index contributed by atoms with van der Waals surface area (Å²) >= 11 is 0. The second-order valence-corrected chi connectivity index (χ2v) is 3.93. The first-order valence-corrected chi connectivity index (χ1v) is 5.88. The van der Waals surface area contributed by atoms with E-state index in [2.05, 4.69) is 31.9 Å². The van der Waals surface area contributed by atoms with Crippen LogP contribution in [0.1, 0.15) is 10.4 Å². The van der Waals surface area contributed by atoms with E-state index in [4.69, 9.17) is 0 Å². The molecule has 7 heteroatoms. The van der Waals surface area contributed by atoms with E-state index >= 15 is 0 Å². The highest BCUT2D eigenvalue weighted by atomic mass is 16.5. The standard InChI is InChI=1S/C13H14N4O3/c1-3-6-14-11(18)8-4-5-9-10(7-8)16-12(15-9)17-13(19)20-2/h3-5,7H,1,6H2,2H3,(H,14,18)(H2,15,16,17,19). The van der Waals surface area contributed by atoms with Crippen LogP contribution in [0.3, 0.4) is 0 Å². The van der Waals surface area contributed by atoms with Crippen LogP contribution in [0, 0.1) is 0 Å². The van der Waals surface area contributed by atoms with Crippen LogP contribution in [0.2, 0.25) is 0 Å². The number of aromatic nitrogens is 2. The first-order valence-electron chi connectivity index (χ1n) is 5.88. The van der Waals surface area contributed by atoms with E-state index in [9.17, 15) is 9.59 Å². The fourth-order valence-electron chi connectivity index (χ4n) is 1.62. The predicted octanol–water partition coefficient (Wildman–Crippen LogP) is 1.66. The van der Waals surface area contributed by atoms with Crippen LogP contribution in [0.15, 0.2) is 30.9 Å². The second kappa shape index (κ2) is 5.87. The maximum atomic E-state index is 11.8. The minimum atomic E-state index is -0.618. The summed E-state index contributed by atoms with van der Waals surface area (Å²) in [6, 6.07) is 5.00. The summed E-state index contributed by atoms with van der Waals surface area (Å²) in [5.74, 6) is 0.0550. The monoisotopic (exact) mass is 274 g/mol. The number of fused-ring (bicyclic) bond motifs is 1. The maximum absolute atomic E-state index is 11.8. The van der Waals surface area contributed by atoms with Gasteiger partial charge < -0.3 is 15.0 Å². The molecule has 2 aromatic rings.